The minimum Gasteiger partial charge on any atom is -0.381 e. The first-order valence-electron chi connectivity index (χ1n) is 6.88. The molecule has 0 spiro atoms. The van der Waals surface area contributed by atoms with E-state index < -0.39 is 0 Å². The minimum atomic E-state index is -0.0698. The SMILES string of the molecule is CC(c1ccc(Cl)cc1)N1N=C(C2CCOC2)CC1=O. The zero-order chi connectivity index (χ0) is 14.1. The lowest BCUT2D eigenvalue weighted by Gasteiger charge is -2.21. The summed E-state index contributed by atoms with van der Waals surface area (Å²) in [4.78, 5) is 12.2. The number of nitrogens with zero attached hydrogens (tertiary/aromatic N) is 2. The van der Waals surface area contributed by atoms with Crippen molar-refractivity contribution < 1.29 is 9.53 Å². The van der Waals surface area contributed by atoms with Gasteiger partial charge in [0.05, 0.1) is 24.8 Å². The van der Waals surface area contributed by atoms with Crippen molar-refractivity contribution in [1.29, 1.82) is 0 Å². The van der Waals surface area contributed by atoms with E-state index in [1.165, 1.54) is 0 Å². The van der Waals surface area contributed by atoms with Gasteiger partial charge in [-0.15, -0.1) is 0 Å². The average molecular weight is 293 g/mol. The second kappa shape index (κ2) is 5.54. The molecule has 0 N–H and O–H groups in total. The Labute approximate surface area is 123 Å². The molecule has 1 amide bonds. The van der Waals surface area contributed by atoms with Gasteiger partial charge in [0.15, 0.2) is 0 Å². The molecule has 0 aromatic heterocycles. The van der Waals surface area contributed by atoms with E-state index in [1.54, 1.807) is 5.01 Å². The van der Waals surface area contributed by atoms with Crippen molar-refractivity contribution in [2.45, 2.75) is 25.8 Å². The quantitative estimate of drug-likeness (QED) is 0.859. The second-order valence-corrected chi connectivity index (χ2v) is 5.73. The highest BCUT2D eigenvalue weighted by Gasteiger charge is 2.33. The van der Waals surface area contributed by atoms with Crippen molar-refractivity contribution in [3.63, 3.8) is 0 Å². The number of ether oxygens (including phenoxy) is 1. The Balaban J connectivity index is 1.78. The molecule has 5 heteroatoms. The summed E-state index contributed by atoms with van der Waals surface area (Å²) in [5.74, 6) is 0.371. The molecular weight excluding hydrogens is 276 g/mol. The summed E-state index contributed by atoms with van der Waals surface area (Å²) in [6, 6.07) is 7.48. The van der Waals surface area contributed by atoms with Crippen LogP contribution in [-0.2, 0) is 9.53 Å². The normalized spacial score (nSPS) is 24.1. The van der Waals surface area contributed by atoms with Crippen LogP contribution in [-0.4, -0.2) is 29.8 Å². The third-order valence-corrected chi connectivity index (χ3v) is 4.20. The van der Waals surface area contributed by atoms with Crippen molar-refractivity contribution >= 4 is 23.2 Å². The maximum absolute atomic E-state index is 12.2. The highest BCUT2D eigenvalue weighted by atomic mass is 35.5. The van der Waals surface area contributed by atoms with E-state index in [4.69, 9.17) is 16.3 Å². The Bertz CT molecular complexity index is 535. The van der Waals surface area contributed by atoms with Crippen LogP contribution in [0.15, 0.2) is 29.4 Å². The van der Waals surface area contributed by atoms with Crippen LogP contribution in [0.1, 0.15) is 31.4 Å². The predicted octanol–water partition coefficient (Wildman–Crippen LogP) is 3.03. The Morgan fingerprint density at radius 3 is 2.80 bits per heavy atom. The number of hydrogen-bond acceptors (Lipinski definition) is 3. The van der Waals surface area contributed by atoms with Gasteiger partial charge in [0, 0.05) is 17.5 Å². The third-order valence-electron chi connectivity index (χ3n) is 3.94. The van der Waals surface area contributed by atoms with E-state index >= 15 is 0 Å². The first-order chi connectivity index (χ1) is 9.65. The van der Waals surface area contributed by atoms with Crippen LogP contribution in [0, 0.1) is 5.92 Å². The van der Waals surface area contributed by atoms with Crippen LogP contribution in [0.4, 0.5) is 0 Å². The molecule has 4 nitrogen and oxygen atoms in total. The maximum atomic E-state index is 12.2. The smallest absolute Gasteiger partial charge is 0.248 e. The highest BCUT2D eigenvalue weighted by Crippen LogP contribution is 2.29. The first-order valence-corrected chi connectivity index (χ1v) is 7.25. The summed E-state index contributed by atoms with van der Waals surface area (Å²) < 4.78 is 5.37. The van der Waals surface area contributed by atoms with Crippen molar-refractivity contribution in [3.8, 4) is 0 Å². The second-order valence-electron chi connectivity index (χ2n) is 5.29. The van der Waals surface area contributed by atoms with Gasteiger partial charge in [0.2, 0.25) is 5.91 Å². The molecule has 20 heavy (non-hydrogen) atoms. The lowest BCUT2D eigenvalue weighted by atomic mass is 10.0. The van der Waals surface area contributed by atoms with Crippen LogP contribution in [0.3, 0.4) is 0 Å². The number of carbonyl (C=O) groups is 1. The Morgan fingerprint density at radius 1 is 1.40 bits per heavy atom. The molecular formula is C15H17ClN2O2. The number of benzene rings is 1. The molecule has 0 radical (unpaired) electrons. The van der Waals surface area contributed by atoms with Crippen molar-refractivity contribution in [2.24, 2.45) is 11.0 Å². The zero-order valence-electron chi connectivity index (χ0n) is 11.4. The topological polar surface area (TPSA) is 41.9 Å². The zero-order valence-corrected chi connectivity index (χ0v) is 12.1. The van der Waals surface area contributed by atoms with Gasteiger partial charge in [-0.3, -0.25) is 4.79 Å². The summed E-state index contributed by atoms with van der Waals surface area (Å²) in [5.41, 5.74) is 2.00. The number of hydrazone groups is 1. The average Bonchev–Trinajstić information content (AvgIpc) is 3.08. The fourth-order valence-corrected chi connectivity index (χ4v) is 2.80. The molecule has 0 saturated carbocycles. The molecule has 0 bridgehead atoms. The molecule has 2 aliphatic rings. The fraction of sp³-hybridized carbons (Fsp3) is 0.467. The monoisotopic (exact) mass is 292 g/mol. The first kappa shape index (κ1) is 13.6. The van der Waals surface area contributed by atoms with E-state index in [1.807, 2.05) is 31.2 Å². The summed E-state index contributed by atoms with van der Waals surface area (Å²) in [6.07, 6.45) is 1.39. The Kier molecular flexibility index (Phi) is 3.76. The highest BCUT2D eigenvalue weighted by molar-refractivity contribution is 6.30. The van der Waals surface area contributed by atoms with Gasteiger partial charge in [0.1, 0.15) is 0 Å². The molecule has 2 heterocycles. The van der Waals surface area contributed by atoms with E-state index in [2.05, 4.69) is 5.10 Å². The van der Waals surface area contributed by atoms with Crippen molar-refractivity contribution in [1.82, 2.24) is 5.01 Å². The molecule has 106 valence electrons. The van der Waals surface area contributed by atoms with E-state index in [9.17, 15) is 4.79 Å². The van der Waals surface area contributed by atoms with E-state index in [0.29, 0.717) is 24.0 Å². The van der Waals surface area contributed by atoms with Crippen molar-refractivity contribution in [3.05, 3.63) is 34.9 Å². The predicted molar refractivity (Wildman–Crippen MR) is 77.7 cm³/mol. The third kappa shape index (κ3) is 2.58. The number of amides is 1. The molecule has 1 aromatic rings. The fourth-order valence-electron chi connectivity index (χ4n) is 2.67. The number of hydrogen-bond donors (Lipinski definition) is 0. The Morgan fingerprint density at radius 2 is 2.15 bits per heavy atom. The molecule has 0 aliphatic carbocycles. The minimum absolute atomic E-state index is 0.0642. The molecule has 2 aliphatic heterocycles. The van der Waals surface area contributed by atoms with Gasteiger partial charge in [-0.25, -0.2) is 5.01 Å². The van der Waals surface area contributed by atoms with Crippen LogP contribution in [0.2, 0.25) is 5.02 Å². The van der Waals surface area contributed by atoms with Crippen LogP contribution >= 0.6 is 11.6 Å². The summed E-state index contributed by atoms with van der Waals surface area (Å²) in [5, 5.41) is 6.83. The number of carbonyl (C=O) groups excluding carboxylic acids is 1. The van der Waals surface area contributed by atoms with Gasteiger partial charge < -0.3 is 4.74 Å². The summed E-state index contributed by atoms with van der Waals surface area (Å²) in [7, 11) is 0. The van der Waals surface area contributed by atoms with Gasteiger partial charge in [-0.1, -0.05) is 23.7 Å². The van der Waals surface area contributed by atoms with Crippen LogP contribution in [0.5, 0.6) is 0 Å². The number of rotatable bonds is 3. The van der Waals surface area contributed by atoms with E-state index in [-0.39, 0.29) is 11.9 Å². The molecule has 2 unspecified atom stereocenters. The van der Waals surface area contributed by atoms with Gasteiger partial charge >= 0.3 is 0 Å². The van der Waals surface area contributed by atoms with Gasteiger partial charge in [0.25, 0.3) is 0 Å². The van der Waals surface area contributed by atoms with Gasteiger partial charge in [-0.05, 0) is 31.0 Å². The van der Waals surface area contributed by atoms with Crippen LogP contribution < -0.4 is 0 Å². The lowest BCUT2D eigenvalue weighted by molar-refractivity contribution is -0.130. The summed E-state index contributed by atoms with van der Waals surface area (Å²) in [6.45, 7) is 3.44. The molecule has 1 saturated heterocycles. The van der Waals surface area contributed by atoms with Crippen LogP contribution in [0.25, 0.3) is 0 Å². The summed E-state index contributed by atoms with van der Waals surface area (Å²) >= 11 is 5.89. The molecule has 3 rings (SSSR count). The molecule has 2 atom stereocenters. The van der Waals surface area contributed by atoms with Crippen molar-refractivity contribution in [2.75, 3.05) is 13.2 Å². The van der Waals surface area contributed by atoms with E-state index in [0.717, 1.165) is 24.3 Å². The lowest BCUT2D eigenvalue weighted by Crippen LogP contribution is -2.24. The largest absolute Gasteiger partial charge is 0.381 e. The van der Waals surface area contributed by atoms with Gasteiger partial charge in [-0.2, -0.15) is 5.10 Å². The Hall–Kier alpha value is -1.39. The number of halogens is 1. The standard InChI is InChI=1S/C15H17ClN2O2/c1-10(11-2-4-13(16)5-3-11)18-15(19)8-14(17-18)12-6-7-20-9-12/h2-5,10,12H,6-9H2,1H3. The maximum Gasteiger partial charge on any atom is 0.248 e. The molecule has 1 aromatic carbocycles. The molecule has 1 fully saturated rings.